The van der Waals surface area contributed by atoms with Gasteiger partial charge >= 0.3 is 6.18 Å². The maximum absolute atomic E-state index is 12.9. The maximum atomic E-state index is 12.9. The molecule has 0 amide bonds. The Kier molecular flexibility index (Phi) is 4.31. The average molecular weight is 251 g/mol. The molecule has 0 aromatic carbocycles. The zero-order valence-electron chi connectivity index (χ0n) is 9.93. The van der Waals surface area contributed by atoms with E-state index in [-0.39, 0.29) is 18.5 Å². The highest BCUT2D eigenvalue weighted by molar-refractivity contribution is 4.88. The van der Waals surface area contributed by atoms with Crippen molar-refractivity contribution in [1.82, 2.24) is 5.32 Å². The molecule has 1 aliphatic carbocycles. The first-order chi connectivity index (χ1) is 8.07. The van der Waals surface area contributed by atoms with Gasteiger partial charge in [-0.25, -0.2) is 0 Å². The van der Waals surface area contributed by atoms with E-state index in [4.69, 9.17) is 4.74 Å². The number of rotatable bonds is 2. The van der Waals surface area contributed by atoms with Gasteiger partial charge in [0.15, 0.2) is 0 Å². The summed E-state index contributed by atoms with van der Waals surface area (Å²) < 4.78 is 43.9. The predicted octanol–water partition coefficient (Wildman–Crippen LogP) is 2.88. The second-order valence-corrected chi connectivity index (χ2v) is 5.09. The lowest BCUT2D eigenvalue weighted by molar-refractivity contribution is -0.189. The minimum atomic E-state index is -4.05. The van der Waals surface area contributed by atoms with Crippen LogP contribution in [0.1, 0.15) is 38.5 Å². The highest BCUT2D eigenvalue weighted by atomic mass is 19.4. The van der Waals surface area contributed by atoms with Crippen molar-refractivity contribution in [2.75, 3.05) is 13.2 Å². The van der Waals surface area contributed by atoms with Gasteiger partial charge in [0.25, 0.3) is 0 Å². The Hall–Kier alpha value is -0.290. The van der Waals surface area contributed by atoms with Crippen molar-refractivity contribution in [3.05, 3.63) is 0 Å². The fraction of sp³-hybridized carbons (Fsp3) is 1.00. The van der Waals surface area contributed by atoms with Crippen LogP contribution in [-0.2, 0) is 4.74 Å². The van der Waals surface area contributed by atoms with Gasteiger partial charge in [-0.1, -0.05) is 12.8 Å². The lowest BCUT2D eigenvalue weighted by atomic mass is 9.83. The molecule has 1 heterocycles. The molecule has 0 aromatic rings. The monoisotopic (exact) mass is 251 g/mol. The van der Waals surface area contributed by atoms with E-state index in [0.717, 1.165) is 19.3 Å². The van der Waals surface area contributed by atoms with Crippen LogP contribution in [-0.4, -0.2) is 31.5 Å². The van der Waals surface area contributed by atoms with Crippen molar-refractivity contribution in [1.29, 1.82) is 0 Å². The van der Waals surface area contributed by atoms with E-state index in [9.17, 15) is 13.2 Å². The first kappa shape index (κ1) is 13.1. The Labute approximate surface area is 99.9 Å². The molecule has 5 heteroatoms. The molecule has 2 aliphatic rings. The van der Waals surface area contributed by atoms with E-state index >= 15 is 0 Å². The van der Waals surface area contributed by atoms with E-state index in [2.05, 4.69) is 5.32 Å². The molecule has 0 spiro atoms. The Morgan fingerprint density at radius 1 is 0.941 bits per heavy atom. The Balaban J connectivity index is 1.91. The minimum Gasteiger partial charge on any atom is -0.381 e. The van der Waals surface area contributed by atoms with Gasteiger partial charge in [-0.15, -0.1) is 0 Å². The first-order valence-electron chi connectivity index (χ1n) is 6.48. The van der Waals surface area contributed by atoms with Gasteiger partial charge < -0.3 is 10.1 Å². The Bertz CT molecular complexity index is 238. The van der Waals surface area contributed by atoms with Crippen LogP contribution in [0, 0.1) is 5.92 Å². The van der Waals surface area contributed by atoms with Gasteiger partial charge in [0.05, 0.1) is 5.92 Å². The number of ether oxygens (including phenoxy) is 1. The molecule has 2 fully saturated rings. The summed E-state index contributed by atoms with van der Waals surface area (Å²) in [5.74, 6) is -1.15. The standard InChI is InChI=1S/C12H20F3NO/c13-12(14,15)10-3-1-2-4-11(10)16-9-5-7-17-8-6-9/h9-11,16H,1-8H2. The molecule has 2 nitrogen and oxygen atoms in total. The molecule has 0 bridgehead atoms. The Morgan fingerprint density at radius 3 is 2.24 bits per heavy atom. The van der Waals surface area contributed by atoms with Crippen LogP contribution < -0.4 is 5.32 Å². The number of nitrogens with one attached hydrogen (secondary N) is 1. The lowest BCUT2D eigenvalue weighted by Gasteiger charge is -2.37. The fourth-order valence-corrected chi connectivity index (χ4v) is 2.89. The molecule has 1 saturated heterocycles. The number of alkyl halides is 3. The molecule has 2 unspecified atom stereocenters. The number of hydrogen-bond donors (Lipinski definition) is 1. The van der Waals surface area contributed by atoms with E-state index < -0.39 is 12.1 Å². The summed E-state index contributed by atoms with van der Waals surface area (Å²) >= 11 is 0. The molecule has 1 saturated carbocycles. The molecule has 1 N–H and O–H groups in total. The normalized spacial score (nSPS) is 32.6. The molecule has 2 atom stereocenters. The molecule has 100 valence electrons. The van der Waals surface area contributed by atoms with Gasteiger partial charge in [-0.05, 0) is 25.7 Å². The summed E-state index contributed by atoms with van der Waals surface area (Å²) in [4.78, 5) is 0. The molecule has 1 aliphatic heterocycles. The Morgan fingerprint density at radius 2 is 1.59 bits per heavy atom. The van der Waals surface area contributed by atoms with Gasteiger partial charge in [-0.2, -0.15) is 13.2 Å². The summed E-state index contributed by atoms with van der Waals surface area (Å²) in [6, 6.07) is -0.177. The van der Waals surface area contributed by atoms with Gasteiger partial charge in [-0.3, -0.25) is 0 Å². The molecular formula is C12H20F3NO. The smallest absolute Gasteiger partial charge is 0.381 e. The van der Waals surface area contributed by atoms with Gasteiger partial charge in [0.1, 0.15) is 0 Å². The van der Waals surface area contributed by atoms with Crippen LogP contribution in [0.15, 0.2) is 0 Å². The average Bonchev–Trinajstić information content (AvgIpc) is 2.30. The van der Waals surface area contributed by atoms with Crippen molar-refractivity contribution >= 4 is 0 Å². The summed E-state index contributed by atoms with van der Waals surface area (Å²) in [7, 11) is 0. The van der Waals surface area contributed by atoms with Crippen molar-refractivity contribution in [3.63, 3.8) is 0 Å². The second-order valence-electron chi connectivity index (χ2n) is 5.09. The van der Waals surface area contributed by atoms with E-state index in [0.29, 0.717) is 26.1 Å². The van der Waals surface area contributed by atoms with E-state index in [1.54, 1.807) is 0 Å². The third-order valence-corrected chi connectivity index (χ3v) is 3.86. The van der Waals surface area contributed by atoms with Crippen LogP contribution in [0.4, 0.5) is 13.2 Å². The zero-order valence-corrected chi connectivity index (χ0v) is 9.93. The molecular weight excluding hydrogens is 231 g/mol. The third-order valence-electron chi connectivity index (χ3n) is 3.86. The summed E-state index contributed by atoms with van der Waals surface area (Å²) in [5.41, 5.74) is 0. The fourth-order valence-electron chi connectivity index (χ4n) is 2.89. The highest BCUT2D eigenvalue weighted by Gasteiger charge is 2.45. The molecule has 17 heavy (non-hydrogen) atoms. The van der Waals surface area contributed by atoms with Crippen molar-refractivity contribution in [2.45, 2.75) is 56.8 Å². The summed E-state index contributed by atoms with van der Waals surface area (Å²) in [6.07, 6.45) is 0.168. The van der Waals surface area contributed by atoms with E-state index in [1.165, 1.54) is 0 Å². The predicted molar refractivity (Wildman–Crippen MR) is 58.8 cm³/mol. The van der Waals surface area contributed by atoms with Crippen LogP contribution >= 0.6 is 0 Å². The first-order valence-corrected chi connectivity index (χ1v) is 6.48. The van der Waals surface area contributed by atoms with Crippen LogP contribution in [0.25, 0.3) is 0 Å². The van der Waals surface area contributed by atoms with Crippen LogP contribution in [0.5, 0.6) is 0 Å². The number of hydrogen-bond acceptors (Lipinski definition) is 2. The third kappa shape index (κ3) is 3.58. The van der Waals surface area contributed by atoms with Crippen LogP contribution in [0.3, 0.4) is 0 Å². The van der Waals surface area contributed by atoms with Crippen molar-refractivity contribution < 1.29 is 17.9 Å². The lowest BCUT2D eigenvalue weighted by Crippen LogP contribution is -2.50. The largest absolute Gasteiger partial charge is 0.393 e. The highest BCUT2D eigenvalue weighted by Crippen LogP contribution is 2.38. The van der Waals surface area contributed by atoms with Gasteiger partial charge in [0, 0.05) is 25.3 Å². The van der Waals surface area contributed by atoms with Crippen LogP contribution in [0.2, 0.25) is 0 Å². The molecule has 0 aromatic heterocycles. The SMILES string of the molecule is FC(F)(F)C1CCCCC1NC1CCOCC1. The zero-order chi connectivity index (χ0) is 12.3. The summed E-state index contributed by atoms with van der Waals surface area (Å²) in [6.45, 7) is 1.34. The quantitative estimate of drug-likeness (QED) is 0.814. The summed E-state index contributed by atoms with van der Waals surface area (Å²) in [5, 5.41) is 3.21. The minimum absolute atomic E-state index is 0.205. The van der Waals surface area contributed by atoms with Gasteiger partial charge in [0.2, 0.25) is 0 Å². The second kappa shape index (κ2) is 5.57. The van der Waals surface area contributed by atoms with Crippen molar-refractivity contribution in [3.8, 4) is 0 Å². The maximum Gasteiger partial charge on any atom is 0.393 e. The molecule has 0 radical (unpaired) electrons. The number of halogens is 3. The van der Waals surface area contributed by atoms with E-state index in [1.807, 2.05) is 0 Å². The van der Waals surface area contributed by atoms with Crippen molar-refractivity contribution in [2.24, 2.45) is 5.92 Å². The topological polar surface area (TPSA) is 21.3 Å². The molecule has 2 rings (SSSR count).